The van der Waals surface area contributed by atoms with E-state index in [-0.39, 0.29) is 0 Å². The Hall–Kier alpha value is -0.490. The molecule has 0 bridgehead atoms. The molecule has 0 nitrogen and oxygen atoms in total. The average Bonchev–Trinajstić information content (AvgIpc) is 2.12. The molecule has 1 aliphatic carbocycles. The summed E-state index contributed by atoms with van der Waals surface area (Å²) in [6, 6.07) is 6.32. The minimum absolute atomic E-state index is 0.748. The normalized spacial score (nSPS) is 15.4. The Kier molecular flexibility index (Phi) is 4.47. The predicted molar refractivity (Wildman–Crippen MR) is 64.1 cm³/mol. The smallest absolute Gasteiger partial charge is 0.0441 e. The second-order valence-corrected chi connectivity index (χ2v) is 4.06. The SMILES string of the molecule is CC.Cc1ccc(Cl)c(C2CCC2)c1. The number of benzene rings is 1. The first-order valence-corrected chi connectivity index (χ1v) is 5.91. The molecule has 0 spiro atoms. The Morgan fingerprint density at radius 3 is 2.36 bits per heavy atom. The molecule has 1 aliphatic rings. The van der Waals surface area contributed by atoms with Crippen molar-refractivity contribution in [1.29, 1.82) is 0 Å². The molecule has 0 saturated heterocycles. The molecule has 1 fully saturated rings. The van der Waals surface area contributed by atoms with Crippen molar-refractivity contribution in [2.45, 2.75) is 46.0 Å². The molecule has 0 radical (unpaired) electrons. The molecule has 1 saturated carbocycles. The molecule has 0 aliphatic heterocycles. The molecule has 0 heterocycles. The van der Waals surface area contributed by atoms with Gasteiger partial charge in [0.1, 0.15) is 0 Å². The number of aryl methyl sites for hydroxylation is 1. The van der Waals surface area contributed by atoms with Gasteiger partial charge in [-0.1, -0.05) is 49.6 Å². The van der Waals surface area contributed by atoms with Gasteiger partial charge in [0, 0.05) is 5.02 Å². The summed E-state index contributed by atoms with van der Waals surface area (Å²) in [5.74, 6) is 0.748. The molecule has 0 aromatic heterocycles. The summed E-state index contributed by atoms with van der Waals surface area (Å²) in [5.41, 5.74) is 2.68. The first kappa shape index (κ1) is 11.6. The van der Waals surface area contributed by atoms with Crippen LogP contribution in [0.1, 0.15) is 50.2 Å². The molecular weight excluding hydrogens is 192 g/mol. The molecule has 78 valence electrons. The highest BCUT2D eigenvalue weighted by atomic mass is 35.5. The fourth-order valence-electron chi connectivity index (χ4n) is 1.70. The van der Waals surface area contributed by atoms with Crippen LogP contribution in [0.5, 0.6) is 0 Å². The van der Waals surface area contributed by atoms with Crippen LogP contribution in [0, 0.1) is 6.92 Å². The number of hydrogen-bond donors (Lipinski definition) is 0. The van der Waals surface area contributed by atoms with Crippen molar-refractivity contribution in [3.05, 3.63) is 34.3 Å². The van der Waals surface area contributed by atoms with Crippen molar-refractivity contribution in [1.82, 2.24) is 0 Å². The van der Waals surface area contributed by atoms with Gasteiger partial charge in [0.05, 0.1) is 0 Å². The van der Waals surface area contributed by atoms with Crippen molar-refractivity contribution >= 4 is 11.6 Å². The van der Waals surface area contributed by atoms with Gasteiger partial charge in [0.2, 0.25) is 0 Å². The molecule has 0 N–H and O–H groups in total. The van der Waals surface area contributed by atoms with Gasteiger partial charge in [-0.2, -0.15) is 0 Å². The fraction of sp³-hybridized carbons (Fsp3) is 0.538. The summed E-state index contributed by atoms with van der Waals surface area (Å²) in [4.78, 5) is 0. The molecule has 0 amide bonds. The Bertz CT molecular complexity index is 287. The second kappa shape index (κ2) is 5.41. The lowest BCUT2D eigenvalue weighted by atomic mass is 9.80. The molecule has 2 rings (SSSR count). The summed E-state index contributed by atoms with van der Waals surface area (Å²) < 4.78 is 0. The van der Waals surface area contributed by atoms with Crippen molar-refractivity contribution in [3.63, 3.8) is 0 Å². The van der Waals surface area contributed by atoms with E-state index in [1.54, 1.807) is 0 Å². The Labute approximate surface area is 92.3 Å². The van der Waals surface area contributed by atoms with E-state index in [1.807, 2.05) is 19.9 Å². The first-order chi connectivity index (χ1) is 6.77. The van der Waals surface area contributed by atoms with Crippen LogP contribution in [0.3, 0.4) is 0 Å². The van der Waals surface area contributed by atoms with Crippen LogP contribution in [-0.4, -0.2) is 0 Å². The van der Waals surface area contributed by atoms with Gasteiger partial charge in [0.15, 0.2) is 0 Å². The Morgan fingerprint density at radius 1 is 1.21 bits per heavy atom. The number of rotatable bonds is 1. The summed E-state index contributed by atoms with van der Waals surface area (Å²) in [6.07, 6.45) is 4.02. The monoisotopic (exact) mass is 210 g/mol. The Balaban J connectivity index is 0.000000461. The van der Waals surface area contributed by atoms with Crippen LogP contribution >= 0.6 is 11.6 Å². The van der Waals surface area contributed by atoms with Gasteiger partial charge < -0.3 is 0 Å². The zero-order valence-corrected chi connectivity index (χ0v) is 10.1. The minimum Gasteiger partial charge on any atom is -0.0840 e. The summed E-state index contributed by atoms with van der Waals surface area (Å²) in [7, 11) is 0. The third kappa shape index (κ3) is 2.51. The summed E-state index contributed by atoms with van der Waals surface area (Å²) in [6.45, 7) is 6.12. The van der Waals surface area contributed by atoms with E-state index in [2.05, 4.69) is 19.1 Å². The molecule has 0 atom stereocenters. The summed E-state index contributed by atoms with van der Waals surface area (Å²) >= 11 is 6.10. The van der Waals surface area contributed by atoms with Crippen molar-refractivity contribution in [3.8, 4) is 0 Å². The fourth-order valence-corrected chi connectivity index (χ4v) is 1.97. The third-order valence-electron chi connectivity index (χ3n) is 2.70. The van der Waals surface area contributed by atoms with Crippen LogP contribution in [-0.2, 0) is 0 Å². The standard InChI is InChI=1S/C11H13Cl.C2H6/c1-8-5-6-11(12)10(7-8)9-3-2-4-9;1-2/h5-7,9H,2-4H2,1H3;1-2H3. The zero-order chi connectivity index (χ0) is 10.6. The molecular formula is C13H19Cl. The predicted octanol–water partition coefficient (Wildman–Crippen LogP) is 4.94. The molecule has 14 heavy (non-hydrogen) atoms. The quantitative estimate of drug-likeness (QED) is 0.616. The maximum absolute atomic E-state index is 6.10. The van der Waals surface area contributed by atoms with E-state index >= 15 is 0 Å². The molecule has 1 aromatic carbocycles. The molecule has 0 unspecified atom stereocenters. The largest absolute Gasteiger partial charge is 0.0840 e. The van der Waals surface area contributed by atoms with Gasteiger partial charge in [-0.25, -0.2) is 0 Å². The first-order valence-electron chi connectivity index (χ1n) is 5.53. The lowest BCUT2D eigenvalue weighted by Crippen LogP contribution is -2.09. The van der Waals surface area contributed by atoms with Crippen LogP contribution in [0.25, 0.3) is 0 Å². The highest BCUT2D eigenvalue weighted by Crippen LogP contribution is 2.39. The van der Waals surface area contributed by atoms with Crippen molar-refractivity contribution in [2.24, 2.45) is 0 Å². The molecule has 1 aromatic rings. The zero-order valence-electron chi connectivity index (χ0n) is 9.31. The van der Waals surface area contributed by atoms with Crippen LogP contribution in [0.4, 0.5) is 0 Å². The average molecular weight is 211 g/mol. The number of hydrogen-bond acceptors (Lipinski definition) is 0. The van der Waals surface area contributed by atoms with E-state index in [1.165, 1.54) is 30.4 Å². The van der Waals surface area contributed by atoms with Crippen molar-refractivity contribution in [2.75, 3.05) is 0 Å². The van der Waals surface area contributed by atoms with E-state index in [9.17, 15) is 0 Å². The van der Waals surface area contributed by atoms with E-state index < -0.39 is 0 Å². The van der Waals surface area contributed by atoms with Crippen molar-refractivity contribution < 1.29 is 0 Å². The maximum atomic E-state index is 6.10. The van der Waals surface area contributed by atoms with Gasteiger partial charge in [-0.3, -0.25) is 0 Å². The molecule has 1 heteroatoms. The van der Waals surface area contributed by atoms with Crippen LogP contribution in [0.2, 0.25) is 5.02 Å². The third-order valence-corrected chi connectivity index (χ3v) is 3.04. The Morgan fingerprint density at radius 2 is 1.86 bits per heavy atom. The maximum Gasteiger partial charge on any atom is 0.0441 e. The number of halogens is 1. The van der Waals surface area contributed by atoms with Gasteiger partial charge >= 0.3 is 0 Å². The highest BCUT2D eigenvalue weighted by molar-refractivity contribution is 6.31. The van der Waals surface area contributed by atoms with E-state index in [0.717, 1.165) is 10.9 Å². The van der Waals surface area contributed by atoms with Crippen LogP contribution in [0.15, 0.2) is 18.2 Å². The van der Waals surface area contributed by atoms with Gasteiger partial charge in [0.25, 0.3) is 0 Å². The van der Waals surface area contributed by atoms with Gasteiger partial charge in [-0.15, -0.1) is 0 Å². The second-order valence-electron chi connectivity index (χ2n) is 3.65. The van der Waals surface area contributed by atoms with Crippen LogP contribution < -0.4 is 0 Å². The lowest BCUT2D eigenvalue weighted by Gasteiger charge is -2.26. The van der Waals surface area contributed by atoms with E-state index in [4.69, 9.17) is 11.6 Å². The lowest BCUT2D eigenvalue weighted by molar-refractivity contribution is 0.420. The van der Waals surface area contributed by atoms with E-state index in [0.29, 0.717) is 0 Å². The minimum atomic E-state index is 0.748. The van der Waals surface area contributed by atoms with Gasteiger partial charge in [-0.05, 0) is 37.3 Å². The summed E-state index contributed by atoms with van der Waals surface area (Å²) in [5, 5.41) is 0.949. The topological polar surface area (TPSA) is 0 Å². The highest BCUT2D eigenvalue weighted by Gasteiger charge is 2.21.